The van der Waals surface area contributed by atoms with Gasteiger partial charge in [-0.25, -0.2) is 9.50 Å². The highest BCUT2D eigenvalue weighted by atomic mass is 16.5. The molecule has 1 saturated heterocycles. The number of benzene rings is 1. The molecule has 4 rings (SSSR count). The summed E-state index contributed by atoms with van der Waals surface area (Å²) < 4.78 is 7.21. The Balaban J connectivity index is 0.00000102. The van der Waals surface area contributed by atoms with Crippen LogP contribution in [0.1, 0.15) is 30.7 Å². The number of morpholine rings is 1. The maximum atomic E-state index is 9.11. The molecular weight excluding hydrogens is 338 g/mol. The van der Waals surface area contributed by atoms with Crippen LogP contribution in [-0.4, -0.2) is 45.8 Å². The summed E-state index contributed by atoms with van der Waals surface area (Å²) >= 11 is 0. The number of aromatic nitrogens is 3. The van der Waals surface area contributed by atoms with E-state index in [4.69, 9.17) is 15.0 Å². The number of ether oxygens (including phenoxy) is 1. The summed E-state index contributed by atoms with van der Waals surface area (Å²) in [6, 6.07) is 11.7. The van der Waals surface area contributed by atoms with E-state index in [1.807, 2.05) is 55.7 Å². The fourth-order valence-corrected chi connectivity index (χ4v) is 3.16. The molecule has 0 radical (unpaired) electrons. The van der Waals surface area contributed by atoms with Crippen molar-refractivity contribution in [2.75, 3.05) is 26.3 Å². The Bertz CT molecular complexity index is 951. The van der Waals surface area contributed by atoms with Gasteiger partial charge in [-0.3, -0.25) is 4.90 Å². The minimum atomic E-state index is 0.634. The van der Waals surface area contributed by atoms with E-state index in [1.54, 1.807) is 6.07 Å². The molecule has 0 N–H and O–H groups in total. The van der Waals surface area contributed by atoms with Crippen molar-refractivity contribution >= 4 is 5.65 Å². The van der Waals surface area contributed by atoms with E-state index in [0.29, 0.717) is 5.56 Å². The molecule has 3 heterocycles. The summed E-state index contributed by atoms with van der Waals surface area (Å²) in [5.74, 6) is 0. The third kappa shape index (κ3) is 4.16. The number of hydrogen-bond donors (Lipinski definition) is 0. The summed E-state index contributed by atoms with van der Waals surface area (Å²) in [6.07, 6.45) is 1.96. The minimum Gasteiger partial charge on any atom is -0.379 e. The second kappa shape index (κ2) is 8.76. The first kappa shape index (κ1) is 19.0. The topological polar surface area (TPSA) is 66.5 Å². The van der Waals surface area contributed by atoms with Gasteiger partial charge in [-0.05, 0) is 25.1 Å². The van der Waals surface area contributed by atoms with Crippen LogP contribution in [0.25, 0.3) is 16.9 Å². The number of rotatable bonds is 3. The minimum absolute atomic E-state index is 0.634. The van der Waals surface area contributed by atoms with Gasteiger partial charge in [0.15, 0.2) is 5.65 Å². The molecule has 1 fully saturated rings. The van der Waals surface area contributed by atoms with Crippen LogP contribution < -0.4 is 0 Å². The first-order chi connectivity index (χ1) is 13.2. The van der Waals surface area contributed by atoms with E-state index in [-0.39, 0.29) is 0 Å². The summed E-state index contributed by atoms with van der Waals surface area (Å²) in [6.45, 7) is 10.3. The number of aryl methyl sites for hydroxylation is 1. The average Bonchev–Trinajstić information content (AvgIpc) is 3.06. The molecule has 6 nitrogen and oxygen atoms in total. The van der Waals surface area contributed by atoms with Gasteiger partial charge in [0.1, 0.15) is 0 Å². The van der Waals surface area contributed by atoms with Crippen molar-refractivity contribution in [1.82, 2.24) is 19.5 Å². The third-order valence-electron chi connectivity index (χ3n) is 4.53. The van der Waals surface area contributed by atoms with Crippen molar-refractivity contribution in [3.63, 3.8) is 0 Å². The summed E-state index contributed by atoms with van der Waals surface area (Å²) in [7, 11) is 0. The smallest absolute Gasteiger partial charge is 0.158 e. The Morgan fingerprint density at radius 1 is 1.19 bits per heavy atom. The van der Waals surface area contributed by atoms with Crippen molar-refractivity contribution in [1.29, 1.82) is 5.26 Å². The maximum absolute atomic E-state index is 9.11. The summed E-state index contributed by atoms with van der Waals surface area (Å²) in [5, 5.41) is 13.8. The van der Waals surface area contributed by atoms with Crippen LogP contribution >= 0.6 is 0 Å². The standard InChI is InChI=1S/C19H19N5O.C2H6/c1-14-18(16-4-2-3-15(11-16)12-20)22-24-6-5-17(21-19(14)24)13-23-7-9-25-10-8-23;1-2/h2-6,11H,7-10,13H2,1H3;1-2H3. The van der Waals surface area contributed by atoms with Crippen molar-refractivity contribution in [2.24, 2.45) is 0 Å². The van der Waals surface area contributed by atoms with Crippen LogP contribution in [0.15, 0.2) is 36.5 Å². The Kier molecular flexibility index (Phi) is 6.17. The third-order valence-corrected chi connectivity index (χ3v) is 4.53. The highest BCUT2D eigenvalue weighted by molar-refractivity contribution is 5.71. The fraction of sp³-hybridized carbons (Fsp3) is 0.381. The second-order valence-corrected chi connectivity index (χ2v) is 6.24. The molecule has 0 spiro atoms. The van der Waals surface area contributed by atoms with Gasteiger partial charge in [0.25, 0.3) is 0 Å². The summed E-state index contributed by atoms with van der Waals surface area (Å²) in [4.78, 5) is 7.16. The van der Waals surface area contributed by atoms with E-state index >= 15 is 0 Å². The number of fused-ring (bicyclic) bond motifs is 1. The van der Waals surface area contributed by atoms with Crippen molar-refractivity contribution in [2.45, 2.75) is 27.3 Å². The lowest BCUT2D eigenvalue weighted by Crippen LogP contribution is -2.35. The molecule has 0 aliphatic carbocycles. The number of nitriles is 1. The average molecular weight is 363 g/mol. The van der Waals surface area contributed by atoms with Crippen LogP contribution in [0.4, 0.5) is 0 Å². The van der Waals surface area contributed by atoms with Crippen molar-refractivity contribution < 1.29 is 4.74 Å². The van der Waals surface area contributed by atoms with Crippen LogP contribution in [0.5, 0.6) is 0 Å². The number of hydrogen-bond acceptors (Lipinski definition) is 5. The zero-order valence-electron chi connectivity index (χ0n) is 16.1. The van der Waals surface area contributed by atoms with Crippen molar-refractivity contribution in [3.05, 3.63) is 53.3 Å². The lowest BCUT2D eigenvalue weighted by Gasteiger charge is -2.26. The van der Waals surface area contributed by atoms with Gasteiger partial charge in [0.05, 0.1) is 36.2 Å². The molecule has 140 valence electrons. The molecule has 0 bridgehead atoms. The van der Waals surface area contributed by atoms with Crippen LogP contribution in [-0.2, 0) is 11.3 Å². The zero-order chi connectivity index (χ0) is 19.2. The molecular formula is C21H25N5O. The molecule has 0 amide bonds. The largest absolute Gasteiger partial charge is 0.379 e. The van der Waals surface area contributed by atoms with Gasteiger partial charge >= 0.3 is 0 Å². The Labute approximate surface area is 160 Å². The van der Waals surface area contributed by atoms with Crippen LogP contribution in [0.3, 0.4) is 0 Å². The second-order valence-electron chi connectivity index (χ2n) is 6.24. The van der Waals surface area contributed by atoms with Gasteiger partial charge in [-0.15, -0.1) is 0 Å². The van der Waals surface area contributed by atoms with E-state index in [9.17, 15) is 0 Å². The highest BCUT2D eigenvalue weighted by Gasteiger charge is 2.15. The number of nitrogens with zero attached hydrogens (tertiary/aromatic N) is 5. The van der Waals surface area contributed by atoms with Gasteiger partial charge in [0.2, 0.25) is 0 Å². The van der Waals surface area contributed by atoms with E-state index in [2.05, 4.69) is 16.1 Å². The first-order valence-electron chi connectivity index (χ1n) is 9.40. The molecule has 1 aliphatic rings. The van der Waals surface area contributed by atoms with E-state index in [1.165, 1.54) is 0 Å². The molecule has 2 aromatic heterocycles. The van der Waals surface area contributed by atoms with Crippen LogP contribution in [0, 0.1) is 18.3 Å². The van der Waals surface area contributed by atoms with E-state index < -0.39 is 0 Å². The Hall–Kier alpha value is -2.75. The monoisotopic (exact) mass is 363 g/mol. The predicted octanol–water partition coefficient (Wildman–Crippen LogP) is 3.43. The summed E-state index contributed by atoms with van der Waals surface area (Å²) in [5.41, 5.74) is 5.37. The lowest BCUT2D eigenvalue weighted by molar-refractivity contribution is 0.0336. The van der Waals surface area contributed by atoms with E-state index in [0.717, 1.165) is 61.0 Å². The molecule has 1 aromatic carbocycles. The Morgan fingerprint density at radius 2 is 1.96 bits per heavy atom. The lowest BCUT2D eigenvalue weighted by atomic mass is 10.1. The highest BCUT2D eigenvalue weighted by Crippen LogP contribution is 2.25. The van der Waals surface area contributed by atoms with Crippen molar-refractivity contribution in [3.8, 4) is 17.3 Å². The molecule has 0 saturated carbocycles. The SMILES string of the molecule is CC.Cc1c(-c2cccc(C#N)c2)nn2ccc(CN3CCOCC3)nc12. The van der Waals surface area contributed by atoms with Gasteiger partial charge in [-0.2, -0.15) is 10.4 Å². The maximum Gasteiger partial charge on any atom is 0.158 e. The quantitative estimate of drug-likeness (QED) is 0.713. The molecule has 27 heavy (non-hydrogen) atoms. The molecule has 6 heteroatoms. The normalized spacial score (nSPS) is 14.4. The van der Waals surface area contributed by atoms with Gasteiger partial charge in [-0.1, -0.05) is 26.0 Å². The van der Waals surface area contributed by atoms with Gasteiger partial charge < -0.3 is 4.74 Å². The Morgan fingerprint density at radius 3 is 2.70 bits per heavy atom. The molecule has 3 aromatic rings. The fourth-order valence-electron chi connectivity index (χ4n) is 3.16. The zero-order valence-corrected chi connectivity index (χ0v) is 16.1. The first-order valence-corrected chi connectivity index (χ1v) is 9.40. The molecule has 0 unspecified atom stereocenters. The predicted molar refractivity (Wildman–Crippen MR) is 105 cm³/mol. The molecule has 1 aliphatic heterocycles. The van der Waals surface area contributed by atoms with Gasteiger partial charge in [0, 0.05) is 37.0 Å². The molecule has 0 atom stereocenters. The van der Waals surface area contributed by atoms with Crippen LogP contribution in [0.2, 0.25) is 0 Å².